The molecular formula is C61H82N5O13P. The van der Waals surface area contributed by atoms with Crippen LogP contribution in [0, 0.1) is 0 Å². The van der Waals surface area contributed by atoms with E-state index in [1.165, 1.54) is 0 Å². The molecule has 2 fully saturated rings. The van der Waals surface area contributed by atoms with Gasteiger partial charge in [-0.05, 0) is 148 Å². The minimum Gasteiger partial charge on any atom is -0.481 e. The van der Waals surface area contributed by atoms with Gasteiger partial charge in [0.15, 0.2) is 18.0 Å². The van der Waals surface area contributed by atoms with Gasteiger partial charge in [0.1, 0.15) is 34.8 Å². The molecule has 0 radical (unpaired) electrons. The average Bonchev–Trinajstić information content (AvgIpc) is 3.96. The maximum atomic E-state index is 16.2. The third kappa shape index (κ3) is 16.4. The van der Waals surface area contributed by atoms with Gasteiger partial charge in [-0.2, -0.15) is 9.58 Å². The van der Waals surface area contributed by atoms with Crippen molar-refractivity contribution < 1.29 is 61.2 Å². The van der Waals surface area contributed by atoms with Crippen LogP contribution in [0.5, 0.6) is 5.75 Å². The van der Waals surface area contributed by atoms with Gasteiger partial charge in [-0.1, -0.05) is 106 Å². The molecule has 4 aromatic carbocycles. The van der Waals surface area contributed by atoms with Crippen LogP contribution in [-0.2, 0) is 63.2 Å². The first kappa shape index (κ1) is 61.3. The Bertz CT molecular complexity index is 2910. The van der Waals surface area contributed by atoms with Crippen LogP contribution in [0.2, 0.25) is 0 Å². The van der Waals surface area contributed by atoms with Gasteiger partial charge in [0.2, 0.25) is 0 Å². The van der Waals surface area contributed by atoms with Gasteiger partial charge >= 0.3 is 31.9 Å². The molecule has 0 aliphatic carbocycles. The number of imide groups is 1. The smallest absolute Gasteiger partial charge is 0.435 e. The molecule has 1 aromatic heterocycles. The van der Waals surface area contributed by atoms with Crippen molar-refractivity contribution in [3.8, 4) is 5.75 Å². The Morgan fingerprint density at radius 3 is 1.56 bits per heavy atom. The van der Waals surface area contributed by atoms with Crippen LogP contribution < -0.4 is 9.64 Å². The van der Waals surface area contributed by atoms with Gasteiger partial charge < -0.3 is 47.3 Å². The quantitative estimate of drug-likeness (QED) is 0.0407. The minimum atomic E-state index is -3.56. The molecule has 434 valence electrons. The van der Waals surface area contributed by atoms with Crippen LogP contribution in [0.1, 0.15) is 138 Å². The molecule has 0 saturated carbocycles. The molecule has 19 heteroatoms. The number of amides is 4. The molecule has 3 heterocycles. The highest BCUT2D eigenvalue weighted by atomic mass is 31.2. The van der Waals surface area contributed by atoms with Gasteiger partial charge in [0.05, 0.1) is 30.8 Å². The molecule has 4 atom stereocenters. The van der Waals surface area contributed by atoms with Gasteiger partial charge in [-0.25, -0.2) is 19.2 Å². The lowest BCUT2D eigenvalue weighted by atomic mass is 9.91. The Kier molecular flexibility index (Phi) is 19.7. The summed E-state index contributed by atoms with van der Waals surface area (Å²) < 4.78 is 63.7. The van der Waals surface area contributed by atoms with Crippen molar-refractivity contribution >= 4 is 48.6 Å². The maximum Gasteiger partial charge on any atom is 0.435 e. The van der Waals surface area contributed by atoms with E-state index in [0.717, 1.165) is 47.1 Å². The lowest BCUT2D eigenvalue weighted by Gasteiger charge is -2.37. The number of hydrogen-bond donors (Lipinski definition) is 0. The highest BCUT2D eigenvalue weighted by Crippen LogP contribution is 2.49. The predicted molar refractivity (Wildman–Crippen MR) is 306 cm³/mol. The Morgan fingerprint density at radius 2 is 1.10 bits per heavy atom. The summed E-state index contributed by atoms with van der Waals surface area (Å²) >= 11 is 0. The molecule has 5 aromatic rings. The van der Waals surface area contributed by atoms with Gasteiger partial charge in [-0.15, -0.1) is 5.10 Å². The Hall–Kier alpha value is -6.30. The first-order chi connectivity index (χ1) is 37.6. The van der Waals surface area contributed by atoms with Crippen molar-refractivity contribution in [1.29, 1.82) is 0 Å². The van der Waals surface area contributed by atoms with Crippen molar-refractivity contribution in [3.63, 3.8) is 0 Å². The van der Waals surface area contributed by atoms with Crippen molar-refractivity contribution in [1.82, 2.24) is 19.6 Å². The number of aromatic nitrogens is 2. The van der Waals surface area contributed by atoms with E-state index < -0.39 is 72.8 Å². The van der Waals surface area contributed by atoms with Gasteiger partial charge in [0.25, 0.3) is 0 Å². The molecule has 7 rings (SSSR count). The topological polar surface area (TPSA) is 187 Å². The third-order valence-electron chi connectivity index (χ3n) is 13.0. The molecule has 2 aliphatic rings. The fraction of sp³-hybridized carbons (Fsp3) is 0.525. The van der Waals surface area contributed by atoms with E-state index in [1.54, 1.807) is 92.6 Å². The highest BCUT2D eigenvalue weighted by molar-refractivity contribution is 7.53. The number of nitrogens with zero attached hydrogens (tertiary/aromatic N) is 5. The van der Waals surface area contributed by atoms with Crippen LogP contribution in [0.3, 0.4) is 0 Å². The molecular weight excluding hydrogens is 1040 g/mol. The first-order valence-electron chi connectivity index (χ1n) is 27.8. The van der Waals surface area contributed by atoms with E-state index in [-0.39, 0.29) is 42.2 Å². The fourth-order valence-electron chi connectivity index (χ4n) is 9.52. The van der Waals surface area contributed by atoms with Crippen LogP contribution in [-0.4, -0.2) is 110 Å². The summed E-state index contributed by atoms with van der Waals surface area (Å²) in [5.74, 6) is -0.843. The second-order valence-electron chi connectivity index (χ2n) is 23.9. The van der Waals surface area contributed by atoms with Crippen molar-refractivity contribution in [3.05, 3.63) is 125 Å². The molecule has 0 unspecified atom stereocenters. The number of benzene rings is 4. The number of hydrogen-bond acceptors (Lipinski definition) is 14. The summed E-state index contributed by atoms with van der Waals surface area (Å²) in [5, 5.41) is 4.80. The predicted octanol–water partition coefficient (Wildman–Crippen LogP) is 13.8. The molecule has 80 heavy (non-hydrogen) atoms. The zero-order valence-corrected chi connectivity index (χ0v) is 49.8. The number of carbonyl (C=O) groups is 4. The Labute approximate surface area is 471 Å². The third-order valence-corrected chi connectivity index (χ3v) is 14.6. The summed E-state index contributed by atoms with van der Waals surface area (Å²) in [6.45, 7) is 23.7. The number of rotatable bonds is 20. The highest BCUT2D eigenvalue weighted by Gasteiger charge is 2.55. The zero-order chi connectivity index (χ0) is 58.2. The minimum absolute atomic E-state index is 0.0166. The SMILES string of the molecule is CCCCOP(=O)(COc1ccc(CN2C(=O)N(Cc3ccc4c(c3)c(N(C(=O)OC(C)(C)C)C(=O)OC(C)(C)C)nn4C(=O)OC(C)(C)C)[C@H](Cc3ccccc3)[C@@H]3OC(C)(C)O[C@H]3[C@H]2Cc2ccccc2)cc1)OCCCC. The summed E-state index contributed by atoms with van der Waals surface area (Å²) in [6.07, 6.45) is -0.530. The van der Waals surface area contributed by atoms with Gasteiger partial charge in [0, 0.05) is 18.5 Å². The van der Waals surface area contributed by atoms with Crippen LogP contribution >= 0.6 is 7.60 Å². The Morgan fingerprint density at radius 1 is 0.637 bits per heavy atom. The van der Waals surface area contributed by atoms with Crippen LogP contribution in [0.15, 0.2) is 103 Å². The van der Waals surface area contributed by atoms with Gasteiger partial charge in [-0.3, -0.25) is 4.57 Å². The lowest BCUT2D eigenvalue weighted by molar-refractivity contribution is -0.157. The molecule has 4 amide bonds. The number of fused-ring (bicyclic) bond motifs is 2. The summed E-state index contributed by atoms with van der Waals surface area (Å²) in [7, 11) is -3.56. The first-order valence-corrected chi connectivity index (χ1v) is 29.5. The monoisotopic (exact) mass is 1120 g/mol. The standard InChI is InChI=1S/C61H82N5O13P/c1-14-16-34-73-80(71,74-35-17-15-2)41-72-46-31-28-44(29-32-46)39-63-49(37-42-24-20-18-21-25-42)51-52(76-61(12,13)75-51)50(38-43-26-22-19-23-27-43)64(54(63)67)40-45-30-33-48-47(36-45)53(62-66(48)57(70)79-60(9,10)11)65(55(68)77-58(3,4)5)56(69)78-59(6,7)8/h18-33,36,49-52H,14-17,34-35,37-41H2,1-13H3/t49-,50-,51+,52+/m1/s1. The molecule has 0 bridgehead atoms. The fourth-order valence-corrected chi connectivity index (χ4v) is 10.9. The van der Waals surface area contributed by atoms with Crippen LogP contribution in [0.25, 0.3) is 10.9 Å². The van der Waals surface area contributed by atoms with E-state index in [1.807, 2.05) is 110 Å². The molecule has 2 aliphatic heterocycles. The summed E-state index contributed by atoms with van der Waals surface area (Å²) in [4.78, 5) is 63.1. The number of carbonyl (C=O) groups excluding carboxylic acids is 4. The molecule has 0 N–H and O–H groups in total. The molecule has 2 saturated heterocycles. The molecule has 18 nitrogen and oxygen atoms in total. The normalized spacial score (nSPS) is 18.6. The second kappa shape index (κ2) is 25.7. The van der Waals surface area contributed by atoms with E-state index in [2.05, 4.69) is 5.10 Å². The van der Waals surface area contributed by atoms with E-state index in [9.17, 15) is 18.9 Å². The number of unbranched alkanes of at least 4 members (excludes halogenated alkanes) is 2. The summed E-state index contributed by atoms with van der Waals surface area (Å²) in [5.41, 5.74) is 0.463. The van der Waals surface area contributed by atoms with Crippen LogP contribution in [0.4, 0.5) is 25.0 Å². The lowest BCUT2D eigenvalue weighted by Crippen LogP contribution is -2.51. The van der Waals surface area contributed by atoms with Crippen molar-refractivity contribution in [2.24, 2.45) is 0 Å². The maximum absolute atomic E-state index is 16.2. The number of anilines is 1. The zero-order valence-electron chi connectivity index (χ0n) is 48.9. The van der Waals surface area contributed by atoms with E-state index in [4.69, 9.17) is 37.5 Å². The van der Waals surface area contributed by atoms with Crippen molar-refractivity contribution in [2.75, 3.05) is 24.5 Å². The molecule has 0 spiro atoms. The van der Waals surface area contributed by atoms with Crippen molar-refractivity contribution in [2.45, 2.75) is 189 Å². The number of ether oxygens (including phenoxy) is 6. The van der Waals surface area contributed by atoms with E-state index >= 15 is 4.79 Å². The van der Waals surface area contributed by atoms with E-state index in [0.29, 0.717) is 42.3 Å². The average molecular weight is 1120 g/mol. The Balaban J connectivity index is 1.35. The summed E-state index contributed by atoms with van der Waals surface area (Å²) in [6, 6.07) is 30.8. The largest absolute Gasteiger partial charge is 0.481 e. The second-order valence-corrected chi connectivity index (χ2v) is 25.9. The number of urea groups is 1.